The molecule has 1 heterocycles. The monoisotopic (exact) mass is 343 g/mol. The Morgan fingerprint density at radius 2 is 2.12 bits per heavy atom. The van der Waals surface area contributed by atoms with E-state index in [0.717, 1.165) is 18.0 Å². The van der Waals surface area contributed by atoms with Crippen LogP contribution in [0.25, 0.3) is 0 Å². The number of rotatable bonds is 7. The van der Waals surface area contributed by atoms with E-state index in [-0.39, 0.29) is 12.4 Å². The molecular formula is C16H20F3N3O2. The first kappa shape index (κ1) is 18.3. The van der Waals surface area contributed by atoms with Gasteiger partial charge in [0, 0.05) is 26.0 Å². The van der Waals surface area contributed by atoms with E-state index in [1.165, 1.54) is 12.1 Å². The molecule has 0 bridgehead atoms. The average molecular weight is 343 g/mol. The highest BCUT2D eigenvalue weighted by Crippen LogP contribution is 2.31. The van der Waals surface area contributed by atoms with Crippen molar-refractivity contribution in [2.45, 2.75) is 18.8 Å². The molecule has 1 aromatic carbocycles. The second kappa shape index (κ2) is 7.67. The number of hydrogen-bond acceptors (Lipinski definition) is 4. The van der Waals surface area contributed by atoms with Gasteiger partial charge in [0.05, 0.1) is 12.1 Å². The Bertz CT molecular complexity index is 658. The van der Waals surface area contributed by atoms with Gasteiger partial charge >= 0.3 is 6.18 Å². The average Bonchev–Trinajstić information content (AvgIpc) is 2.89. The molecule has 0 aliphatic carbocycles. The Morgan fingerprint density at radius 3 is 2.75 bits per heavy atom. The lowest BCUT2D eigenvalue weighted by molar-refractivity contribution is -0.137. The van der Waals surface area contributed by atoms with E-state index in [1.807, 2.05) is 29.8 Å². The lowest BCUT2D eigenvalue weighted by atomic mass is 10.2. The van der Waals surface area contributed by atoms with Gasteiger partial charge in [0.25, 0.3) is 0 Å². The van der Waals surface area contributed by atoms with E-state index < -0.39 is 17.8 Å². The summed E-state index contributed by atoms with van der Waals surface area (Å²) in [5, 5.41) is 9.99. The van der Waals surface area contributed by atoms with Crippen LogP contribution >= 0.6 is 0 Å². The molecule has 24 heavy (non-hydrogen) atoms. The van der Waals surface area contributed by atoms with Crippen LogP contribution in [0.3, 0.4) is 0 Å². The Hall–Kier alpha value is -2.06. The highest BCUT2D eigenvalue weighted by atomic mass is 19.4. The molecule has 1 unspecified atom stereocenters. The lowest BCUT2D eigenvalue weighted by Gasteiger charge is -2.20. The van der Waals surface area contributed by atoms with E-state index in [9.17, 15) is 18.3 Å². The Labute approximate surface area is 138 Å². The molecule has 1 atom stereocenters. The highest BCUT2D eigenvalue weighted by molar-refractivity contribution is 5.30. The summed E-state index contributed by atoms with van der Waals surface area (Å²) < 4.78 is 45.0. The molecule has 132 valence electrons. The number of likely N-dealkylation sites (N-methyl/N-ethyl adjacent to an activating group) is 1. The molecule has 0 saturated carbocycles. The second-order valence-electron chi connectivity index (χ2n) is 5.64. The van der Waals surface area contributed by atoms with E-state index in [1.54, 1.807) is 6.20 Å². The van der Waals surface area contributed by atoms with Crippen molar-refractivity contribution in [1.29, 1.82) is 0 Å². The Morgan fingerprint density at radius 1 is 1.38 bits per heavy atom. The van der Waals surface area contributed by atoms with Gasteiger partial charge in [-0.2, -0.15) is 13.2 Å². The molecule has 2 rings (SSSR count). The fourth-order valence-electron chi connectivity index (χ4n) is 2.22. The first-order valence-corrected chi connectivity index (χ1v) is 7.38. The van der Waals surface area contributed by atoms with Gasteiger partial charge in [0.1, 0.15) is 24.3 Å². The molecule has 0 amide bonds. The molecule has 2 aromatic rings. The molecule has 5 nitrogen and oxygen atoms in total. The zero-order valence-electron chi connectivity index (χ0n) is 13.5. The third kappa shape index (κ3) is 5.24. The molecule has 1 aromatic heterocycles. The fraction of sp³-hybridized carbons (Fsp3) is 0.438. The summed E-state index contributed by atoms with van der Waals surface area (Å²) >= 11 is 0. The van der Waals surface area contributed by atoms with Gasteiger partial charge in [-0.25, -0.2) is 4.98 Å². The van der Waals surface area contributed by atoms with Crippen LogP contribution in [0.15, 0.2) is 36.7 Å². The first-order valence-electron chi connectivity index (χ1n) is 7.38. The normalized spacial score (nSPS) is 13.3. The molecule has 0 radical (unpaired) electrons. The van der Waals surface area contributed by atoms with Gasteiger partial charge in [0.15, 0.2) is 0 Å². The molecular weight excluding hydrogens is 323 g/mol. The van der Waals surface area contributed by atoms with Crippen LogP contribution in [-0.4, -0.2) is 45.9 Å². The molecule has 0 fully saturated rings. The number of aryl methyl sites for hydroxylation is 1. The van der Waals surface area contributed by atoms with Crippen molar-refractivity contribution in [3.63, 3.8) is 0 Å². The third-order valence-electron chi connectivity index (χ3n) is 3.46. The Kier molecular flexibility index (Phi) is 5.84. The maximum Gasteiger partial charge on any atom is 0.416 e. The van der Waals surface area contributed by atoms with Crippen molar-refractivity contribution >= 4 is 0 Å². The third-order valence-corrected chi connectivity index (χ3v) is 3.46. The first-order chi connectivity index (χ1) is 11.3. The molecule has 0 saturated heterocycles. The minimum Gasteiger partial charge on any atom is -0.491 e. The van der Waals surface area contributed by atoms with Crippen molar-refractivity contribution < 1.29 is 23.0 Å². The van der Waals surface area contributed by atoms with Crippen LogP contribution in [0.5, 0.6) is 5.75 Å². The van der Waals surface area contributed by atoms with Crippen molar-refractivity contribution in [1.82, 2.24) is 14.5 Å². The van der Waals surface area contributed by atoms with Crippen molar-refractivity contribution in [3.8, 4) is 5.75 Å². The van der Waals surface area contributed by atoms with E-state index in [2.05, 4.69) is 4.98 Å². The zero-order chi connectivity index (χ0) is 17.7. The van der Waals surface area contributed by atoms with Gasteiger partial charge < -0.3 is 14.4 Å². The summed E-state index contributed by atoms with van der Waals surface area (Å²) in [6.07, 6.45) is -1.72. The maximum absolute atomic E-state index is 12.6. The molecule has 0 spiro atoms. The predicted octanol–water partition coefficient (Wildman–Crippen LogP) is 2.31. The standard InChI is InChI=1S/C16H20F3N3O2/c1-21(10-15-20-6-7-22(15)2)9-13(23)11-24-14-5-3-4-12(8-14)16(17,18)19/h3-8,13,23H,9-11H2,1-2H3. The molecule has 8 heteroatoms. The number of aromatic nitrogens is 2. The van der Waals surface area contributed by atoms with Crippen LogP contribution in [0, 0.1) is 0 Å². The SMILES string of the molecule is CN(Cc1nccn1C)CC(O)COc1cccc(C(F)(F)F)c1. The number of benzene rings is 1. The molecule has 0 aliphatic rings. The Balaban J connectivity index is 1.82. The van der Waals surface area contributed by atoms with E-state index >= 15 is 0 Å². The van der Waals surface area contributed by atoms with Gasteiger partial charge in [-0.15, -0.1) is 0 Å². The van der Waals surface area contributed by atoms with Crippen molar-refractivity contribution in [2.24, 2.45) is 7.05 Å². The molecule has 1 N–H and O–H groups in total. The topological polar surface area (TPSA) is 50.5 Å². The number of aliphatic hydroxyl groups is 1. The van der Waals surface area contributed by atoms with Crippen LogP contribution in [0.1, 0.15) is 11.4 Å². The van der Waals surface area contributed by atoms with Gasteiger partial charge in [0.2, 0.25) is 0 Å². The van der Waals surface area contributed by atoms with Crippen molar-refractivity contribution in [3.05, 3.63) is 48.0 Å². The number of nitrogens with zero attached hydrogens (tertiary/aromatic N) is 3. The van der Waals surface area contributed by atoms with Gasteiger partial charge in [-0.05, 0) is 25.2 Å². The summed E-state index contributed by atoms with van der Waals surface area (Å²) in [5.74, 6) is 0.930. The number of alkyl halides is 3. The second-order valence-corrected chi connectivity index (χ2v) is 5.64. The van der Waals surface area contributed by atoms with Crippen LogP contribution in [-0.2, 0) is 19.8 Å². The number of ether oxygens (including phenoxy) is 1. The molecule has 0 aliphatic heterocycles. The van der Waals surface area contributed by atoms with E-state index in [4.69, 9.17) is 4.74 Å². The highest BCUT2D eigenvalue weighted by Gasteiger charge is 2.30. The minimum absolute atomic E-state index is 0.0793. The summed E-state index contributed by atoms with van der Waals surface area (Å²) in [4.78, 5) is 6.05. The van der Waals surface area contributed by atoms with Crippen LogP contribution in [0.2, 0.25) is 0 Å². The fourth-order valence-corrected chi connectivity index (χ4v) is 2.22. The summed E-state index contributed by atoms with van der Waals surface area (Å²) in [7, 11) is 3.70. The number of halogens is 3. The minimum atomic E-state index is -4.42. The van der Waals surface area contributed by atoms with Gasteiger partial charge in [-0.1, -0.05) is 6.07 Å². The van der Waals surface area contributed by atoms with Gasteiger partial charge in [-0.3, -0.25) is 4.90 Å². The van der Waals surface area contributed by atoms with E-state index in [0.29, 0.717) is 13.1 Å². The summed E-state index contributed by atoms with van der Waals surface area (Å²) in [6, 6.07) is 4.60. The quantitative estimate of drug-likeness (QED) is 0.838. The maximum atomic E-state index is 12.6. The predicted molar refractivity (Wildman–Crippen MR) is 82.5 cm³/mol. The smallest absolute Gasteiger partial charge is 0.416 e. The summed E-state index contributed by atoms with van der Waals surface area (Å²) in [6.45, 7) is 0.766. The zero-order valence-corrected chi connectivity index (χ0v) is 13.5. The number of imidazole rings is 1. The summed E-state index contributed by atoms with van der Waals surface area (Å²) in [5.41, 5.74) is -0.776. The van der Waals surface area contributed by atoms with Crippen LogP contribution in [0.4, 0.5) is 13.2 Å². The van der Waals surface area contributed by atoms with Crippen LogP contribution < -0.4 is 4.74 Å². The number of hydrogen-bond donors (Lipinski definition) is 1. The largest absolute Gasteiger partial charge is 0.491 e. The number of aliphatic hydroxyl groups excluding tert-OH is 1. The lowest BCUT2D eigenvalue weighted by Crippen LogP contribution is -2.33. The van der Waals surface area contributed by atoms with Crippen molar-refractivity contribution in [2.75, 3.05) is 20.2 Å².